The van der Waals surface area contributed by atoms with E-state index in [9.17, 15) is 0 Å². The first-order chi connectivity index (χ1) is 5.33. The second-order valence-corrected chi connectivity index (χ2v) is 2.39. The molecule has 0 aromatic carbocycles. The normalized spacial score (nSPS) is 10.7. The van der Waals surface area contributed by atoms with Gasteiger partial charge in [-0.25, -0.2) is 9.97 Å². The minimum absolute atomic E-state index is 0.517. The summed E-state index contributed by atoms with van der Waals surface area (Å²) in [4.78, 5) is 8.12. The molecule has 1 heterocycles. The van der Waals surface area contributed by atoms with Gasteiger partial charge in [-0.1, -0.05) is 6.08 Å². The molecule has 0 aliphatic rings. The van der Waals surface area contributed by atoms with Crippen molar-refractivity contribution in [3.8, 4) is 0 Å². The number of hydrogen-bond acceptors (Lipinski definition) is 2. The largest absolute Gasteiger partial charge is 0.242 e. The zero-order valence-electron chi connectivity index (χ0n) is 6.29. The van der Waals surface area contributed by atoms with Gasteiger partial charge in [0, 0.05) is 12.1 Å². The number of aryl methyl sites for hydroxylation is 1. The van der Waals surface area contributed by atoms with Crippen LogP contribution < -0.4 is 0 Å². The maximum absolute atomic E-state index is 5.46. The summed E-state index contributed by atoms with van der Waals surface area (Å²) in [6.07, 6.45) is 5.46. The molecular formula is C8H9ClN2. The standard InChI is InChI=1S/C8H9ClN2/c1-7-10-6-4-8(11-7)3-2-5-9/h2-4,6H,5H2,1H3/b3-2+. The second kappa shape index (κ2) is 4.09. The van der Waals surface area contributed by atoms with Crippen molar-refractivity contribution >= 4 is 17.7 Å². The number of aromatic nitrogens is 2. The van der Waals surface area contributed by atoms with E-state index in [1.165, 1.54) is 0 Å². The Kier molecular flexibility index (Phi) is 3.05. The van der Waals surface area contributed by atoms with Crippen molar-refractivity contribution in [2.24, 2.45) is 0 Å². The quantitative estimate of drug-likeness (QED) is 0.632. The molecular weight excluding hydrogens is 160 g/mol. The molecule has 3 heteroatoms. The molecule has 0 radical (unpaired) electrons. The highest BCUT2D eigenvalue weighted by atomic mass is 35.5. The SMILES string of the molecule is Cc1nccc(/C=C/CCl)n1. The summed E-state index contributed by atoms with van der Waals surface area (Å²) in [6.45, 7) is 1.86. The van der Waals surface area contributed by atoms with E-state index in [2.05, 4.69) is 9.97 Å². The van der Waals surface area contributed by atoms with Crippen LogP contribution in [-0.2, 0) is 0 Å². The zero-order valence-corrected chi connectivity index (χ0v) is 7.04. The highest BCUT2D eigenvalue weighted by molar-refractivity contribution is 6.19. The van der Waals surface area contributed by atoms with Crippen LogP contribution in [0.4, 0.5) is 0 Å². The van der Waals surface area contributed by atoms with Gasteiger partial charge in [0.2, 0.25) is 0 Å². The van der Waals surface area contributed by atoms with E-state index in [0.29, 0.717) is 5.88 Å². The van der Waals surface area contributed by atoms with Crippen LogP contribution in [0.1, 0.15) is 11.5 Å². The molecule has 58 valence electrons. The maximum Gasteiger partial charge on any atom is 0.125 e. The van der Waals surface area contributed by atoms with Gasteiger partial charge in [0.1, 0.15) is 5.82 Å². The molecule has 1 aromatic rings. The lowest BCUT2D eigenvalue weighted by Gasteiger charge is -1.92. The number of nitrogens with zero attached hydrogens (tertiary/aromatic N) is 2. The second-order valence-electron chi connectivity index (χ2n) is 2.09. The van der Waals surface area contributed by atoms with E-state index in [4.69, 9.17) is 11.6 Å². The van der Waals surface area contributed by atoms with E-state index in [1.54, 1.807) is 6.20 Å². The number of allylic oxidation sites excluding steroid dienone is 1. The van der Waals surface area contributed by atoms with Gasteiger partial charge < -0.3 is 0 Å². The van der Waals surface area contributed by atoms with E-state index >= 15 is 0 Å². The van der Waals surface area contributed by atoms with Crippen LogP contribution in [-0.4, -0.2) is 15.8 Å². The minimum atomic E-state index is 0.517. The fourth-order valence-electron chi connectivity index (χ4n) is 0.733. The van der Waals surface area contributed by atoms with Gasteiger partial charge >= 0.3 is 0 Å². The third kappa shape index (κ3) is 2.68. The van der Waals surface area contributed by atoms with Crippen LogP contribution in [0.3, 0.4) is 0 Å². The first kappa shape index (κ1) is 8.21. The van der Waals surface area contributed by atoms with Crippen molar-refractivity contribution in [2.45, 2.75) is 6.92 Å². The summed E-state index contributed by atoms with van der Waals surface area (Å²) >= 11 is 5.46. The smallest absolute Gasteiger partial charge is 0.125 e. The molecule has 0 bridgehead atoms. The molecule has 11 heavy (non-hydrogen) atoms. The molecule has 2 nitrogen and oxygen atoms in total. The minimum Gasteiger partial charge on any atom is -0.242 e. The molecule has 0 fully saturated rings. The summed E-state index contributed by atoms with van der Waals surface area (Å²) in [7, 11) is 0. The third-order valence-corrected chi connectivity index (χ3v) is 1.35. The van der Waals surface area contributed by atoms with Crippen molar-refractivity contribution in [3.05, 3.63) is 29.9 Å². The first-order valence-corrected chi connectivity index (χ1v) is 3.88. The van der Waals surface area contributed by atoms with Crippen LogP contribution in [0.15, 0.2) is 18.3 Å². The monoisotopic (exact) mass is 168 g/mol. The summed E-state index contributed by atoms with van der Waals surface area (Å²) in [6, 6.07) is 1.84. The lowest BCUT2D eigenvalue weighted by atomic mass is 10.3. The Morgan fingerprint density at radius 3 is 3.09 bits per heavy atom. The molecule has 0 aliphatic carbocycles. The van der Waals surface area contributed by atoms with E-state index in [0.717, 1.165) is 11.5 Å². The van der Waals surface area contributed by atoms with Gasteiger partial charge in [-0.05, 0) is 19.1 Å². The third-order valence-electron chi connectivity index (χ3n) is 1.18. The van der Waals surface area contributed by atoms with Crippen LogP contribution in [0.2, 0.25) is 0 Å². The average Bonchev–Trinajstić information content (AvgIpc) is 2.01. The zero-order chi connectivity index (χ0) is 8.10. The van der Waals surface area contributed by atoms with Gasteiger partial charge in [0.05, 0.1) is 5.69 Å². The fraction of sp³-hybridized carbons (Fsp3) is 0.250. The Labute approximate surface area is 70.9 Å². The molecule has 0 N–H and O–H groups in total. The van der Waals surface area contributed by atoms with Crippen molar-refractivity contribution in [1.82, 2.24) is 9.97 Å². The molecule has 0 amide bonds. The van der Waals surface area contributed by atoms with Crippen LogP contribution in [0.5, 0.6) is 0 Å². The number of halogens is 1. The Morgan fingerprint density at radius 2 is 2.45 bits per heavy atom. The Morgan fingerprint density at radius 1 is 1.64 bits per heavy atom. The van der Waals surface area contributed by atoms with Crippen molar-refractivity contribution in [2.75, 3.05) is 5.88 Å². The molecule has 0 saturated carbocycles. The van der Waals surface area contributed by atoms with Crippen LogP contribution >= 0.6 is 11.6 Å². The van der Waals surface area contributed by atoms with Crippen molar-refractivity contribution < 1.29 is 0 Å². The van der Waals surface area contributed by atoms with Gasteiger partial charge in [-0.2, -0.15) is 0 Å². The average molecular weight is 169 g/mol. The topological polar surface area (TPSA) is 25.8 Å². The summed E-state index contributed by atoms with van der Waals surface area (Å²) < 4.78 is 0. The van der Waals surface area contributed by atoms with Crippen molar-refractivity contribution in [1.29, 1.82) is 0 Å². The van der Waals surface area contributed by atoms with Gasteiger partial charge in [0.25, 0.3) is 0 Å². The van der Waals surface area contributed by atoms with Gasteiger partial charge in [-0.15, -0.1) is 11.6 Å². The lowest BCUT2D eigenvalue weighted by Crippen LogP contribution is -1.87. The lowest BCUT2D eigenvalue weighted by molar-refractivity contribution is 1.04. The van der Waals surface area contributed by atoms with Crippen LogP contribution in [0, 0.1) is 6.92 Å². The van der Waals surface area contributed by atoms with Crippen molar-refractivity contribution in [3.63, 3.8) is 0 Å². The molecule has 0 unspecified atom stereocenters. The Balaban J connectivity index is 2.79. The van der Waals surface area contributed by atoms with E-state index < -0.39 is 0 Å². The molecule has 0 spiro atoms. The predicted octanol–water partition coefficient (Wildman–Crippen LogP) is 2.04. The van der Waals surface area contributed by atoms with E-state index in [-0.39, 0.29) is 0 Å². The van der Waals surface area contributed by atoms with Crippen LogP contribution in [0.25, 0.3) is 6.08 Å². The molecule has 0 aliphatic heterocycles. The Hall–Kier alpha value is -0.890. The maximum atomic E-state index is 5.46. The van der Waals surface area contributed by atoms with Gasteiger partial charge in [-0.3, -0.25) is 0 Å². The van der Waals surface area contributed by atoms with Gasteiger partial charge in [0.15, 0.2) is 0 Å². The molecule has 1 rings (SSSR count). The Bertz CT molecular complexity index is 258. The molecule has 0 atom stereocenters. The summed E-state index contributed by atoms with van der Waals surface area (Å²) in [5.74, 6) is 1.30. The predicted molar refractivity (Wildman–Crippen MR) is 46.5 cm³/mol. The number of alkyl halides is 1. The molecule has 0 saturated heterocycles. The first-order valence-electron chi connectivity index (χ1n) is 3.35. The summed E-state index contributed by atoms with van der Waals surface area (Å²) in [5, 5.41) is 0. The number of hydrogen-bond donors (Lipinski definition) is 0. The highest BCUT2D eigenvalue weighted by Gasteiger charge is 1.87. The highest BCUT2D eigenvalue weighted by Crippen LogP contribution is 1.97. The fourth-order valence-corrected chi connectivity index (χ4v) is 0.822. The molecule has 1 aromatic heterocycles. The van der Waals surface area contributed by atoms with E-state index in [1.807, 2.05) is 25.1 Å². The number of rotatable bonds is 2. The summed E-state index contributed by atoms with van der Waals surface area (Å²) in [5.41, 5.74) is 0.901.